The summed E-state index contributed by atoms with van der Waals surface area (Å²) >= 11 is 0. The summed E-state index contributed by atoms with van der Waals surface area (Å²) in [5.74, 6) is -4.91. The van der Waals surface area contributed by atoms with Gasteiger partial charge in [-0.25, -0.2) is 4.39 Å². The molecule has 20 heavy (non-hydrogen) atoms. The zero-order chi connectivity index (χ0) is 15.5. The third kappa shape index (κ3) is 4.03. The molecular formula is C14H18FNO4. The van der Waals surface area contributed by atoms with Crippen LogP contribution < -0.4 is 10.8 Å². The van der Waals surface area contributed by atoms with Crippen molar-refractivity contribution < 1.29 is 29.6 Å². The summed E-state index contributed by atoms with van der Waals surface area (Å²) in [6, 6.07) is 4.43. The number of benzene rings is 1. The van der Waals surface area contributed by atoms with Crippen molar-refractivity contribution in [2.24, 2.45) is 5.92 Å². The highest BCUT2D eigenvalue weighted by Gasteiger charge is 2.36. The summed E-state index contributed by atoms with van der Waals surface area (Å²) in [7, 11) is 0. The molecular weight excluding hydrogens is 265 g/mol. The molecule has 0 aliphatic heterocycles. The third-order valence-corrected chi connectivity index (χ3v) is 2.62. The fraction of sp³-hybridized carbons (Fsp3) is 0.429. The number of ether oxygens (including phenoxy) is 1. The number of carbonyl (C=O) groups excluding carboxylic acids is 2. The molecule has 3 N–H and O–H groups in total. The van der Waals surface area contributed by atoms with Gasteiger partial charge in [-0.05, 0) is 26.8 Å². The topological polar surface area (TPSA) is 94.1 Å². The Balaban J connectivity index is 3.06. The molecule has 6 heteroatoms. The van der Waals surface area contributed by atoms with Crippen molar-refractivity contribution in [2.45, 2.75) is 32.4 Å². The second-order valence-electron chi connectivity index (χ2n) is 5.46. The number of carboxylic acid groups (broad SMARTS) is 1. The number of hydrogen-bond donors (Lipinski definition) is 1. The Labute approximate surface area is 116 Å². The summed E-state index contributed by atoms with van der Waals surface area (Å²) in [5, 5.41) is 11.2. The standard InChI is InChI=1S/C14H18FNO4/c1-14(2,3)20-13(19)10(12(17)18)11(16)8-6-4-5-7-9(8)15/h4-7,10-11H,16H2,1-3H3,(H,17,18)/t10-,11-/m0/s1. The average molecular weight is 283 g/mol. The molecule has 0 fully saturated rings. The van der Waals surface area contributed by atoms with Crippen LogP contribution in [0.25, 0.3) is 0 Å². The number of hydrogen-bond acceptors (Lipinski definition) is 4. The maximum absolute atomic E-state index is 13.7. The van der Waals surface area contributed by atoms with Crippen LogP contribution in [-0.2, 0) is 14.3 Å². The summed E-state index contributed by atoms with van der Waals surface area (Å²) in [6.45, 7) is 4.83. The van der Waals surface area contributed by atoms with E-state index in [1.807, 2.05) is 0 Å². The molecule has 1 rings (SSSR count). The van der Waals surface area contributed by atoms with Crippen LogP contribution in [0.4, 0.5) is 4.39 Å². The number of carboxylic acids is 1. The average Bonchev–Trinajstić information content (AvgIpc) is 2.26. The number of carbonyl (C=O) groups is 2. The van der Waals surface area contributed by atoms with Crippen molar-refractivity contribution in [3.05, 3.63) is 35.6 Å². The summed E-state index contributed by atoms with van der Waals surface area (Å²) in [4.78, 5) is 23.1. The first-order chi connectivity index (χ1) is 9.13. The van der Waals surface area contributed by atoms with Crippen molar-refractivity contribution in [1.29, 1.82) is 0 Å². The first kappa shape index (κ1) is 16.1. The Morgan fingerprint density at radius 3 is 2.30 bits per heavy atom. The Hall–Kier alpha value is -1.95. The molecule has 2 atom stereocenters. The van der Waals surface area contributed by atoms with E-state index in [-0.39, 0.29) is 5.56 Å². The Morgan fingerprint density at radius 2 is 1.85 bits per heavy atom. The molecule has 5 nitrogen and oxygen atoms in total. The monoisotopic (exact) mass is 283 g/mol. The lowest BCUT2D eigenvalue weighted by Gasteiger charge is -2.26. The van der Waals surface area contributed by atoms with Crippen LogP contribution in [0.1, 0.15) is 32.4 Å². The van der Waals surface area contributed by atoms with Gasteiger partial charge in [0.05, 0.1) is 5.97 Å². The second-order valence-corrected chi connectivity index (χ2v) is 5.46. The third-order valence-electron chi connectivity index (χ3n) is 2.62. The van der Waals surface area contributed by atoms with Gasteiger partial charge < -0.3 is 20.4 Å². The van der Waals surface area contributed by atoms with Gasteiger partial charge in [0, 0.05) is 5.56 Å². The lowest BCUT2D eigenvalue weighted by Crippen LogP contribution is -2.62. The van der Waals surface area contributed by atoms with Gasteiger partial charge >= 0.3 is 5.97 Å². The molecule has 1 aromatic carbocycles. The SMILES string of the molecule is CC(C)(C)OC(=O)[C@H](C(=O)[O-])[C@@H]([NH3+])c1ccccc1F. The zero-order valence-corrected chi connectivity index (χ0v) is 11.7. The smallest absolute Gasteiger partial charge is 0.321 e. The van der Waals surface area contributed by atoms with Crippen molar-refractivity contribution in [1.82, 2.24) is 0 Å². The highest BCUT2D eigenvalue weighted by atomic mass is 19.1. The molecule has 0 bridgehead atoms. The molecule has 0 saturated heterocycles. The summed E-state index contributed by atoms with van der Waals surface area (Å²) in [6.07, 6.45) is 0. The first-order valence-corrected chi connectivity index (χ1v) is 6.14. The molecule has 0 aliphatic rings. The first-order valence-electron chi connectivity index (χ1n) is 6.14. The maximum atomic E-state index is 13.7. The van der Waals surface area contributed by atoms with Gasteiger partial charge in [0.15, 0.2) is 5.92 Å². The fourth-order valence-corrected chi connectivity index (χ4v) is 1.75. The number of esters is 1. The van der Waals surface area contributed by atoms with E-state index in [0.717, 1.165) is 0 Å². The summed E-state index contributed by atoms with van der Waals surface area (Å²) < 4.78 is 18.7. The van der Waals surface area contributed by atoms with Crippen LogP contribution in [-0.4, -0.2) is 17.5 Å². The molecule has 0 unspecified atom stereocenters. The van der Waals surface area contributed by atoms with E-state index >= 15 is 0 Å². The molecule has 0 spiro atoms. The van der Waals surface area contributed by atoms with Crippen molar-refractivity contribution >= 4 is 11.9 Å². The number of rotatable bonds is 4. The molecule has 0 saturated carbocycles. The maximum Gasteiger partial charge on any atom is 0.321 e. The molecule has 110 valence electrons. The lowest BCUT2D eigenvalue weighted by atomic mass is 9.93. The van der Waals surface area contributed by atoms with Crippen molar-refractivity contribution in [3.63, 3.8) is 0 Å². The van der Waals surface area contributed by atoms with Crippen LogP contribution in [0.15, 0.2) is 24.3 Å². The van der Waals surface area contributed by atoms with Crippen LogP contribution >= 0.6 is 0 Å². The Kier molecular flexibility index (Phi) is 4.83. The van der Waals surface area contributed by atoms with Crippen LogP contribution in [0.5, 0.6) is 0 Å². The predicted molar refractivity (Wildman–Crippen MR) is 66.4 cm³/mol. The highest BCUT2D eigenvalue weighted by Crippen LogP contribution is 2.23. The van der Waals surface area contributed by atoms with E-state index in [0.29, 0.717) is 0 Å². The Bertz CT molecular complexity index is 510. The minimum Gasteiger partial charge on any atom is -0.549 e. The fourth-order valence-electron chi connectivity index (χ4n) is 1.75. The highest BCUT2D eigenvalue weighted by molar-refractivity contribution is 5.94. The number of halogens is 1. The van der Waals surface area contributed by atoms with Gasteiger partial charge in [0.25, 0.3) is 0 Å². The van der Waals surface area contributed by atoms with Crippen molar-refractivity contribution in [3.8, 4) is 0 Å². The largest absolute Gasteiger partial charge is 0.549 e. The van der Waals surface area contributed by atoms with Gasteiger partial charge in [-0.2, -0.15) is 0 Å². The molecule has 0 aliphatic carbocycles. The zero-order valence-electron chi connectivity index (χ0n) is 11.7. The van der Waals surface area contributed by atoms with Gasteiger partial charge in [-0.15, -0.1) is 0 Å². The van der Waals surface area contributed by atoms with E-state index in [1.54, 1.807) is 20.8 Å². The normalized spacial score (nSPS) is 14.4. The van der Waals surface area contributed by atoms with Gasteiger partial charge in [0.1, 0.15) is 17.5 Å². The van der Waals surface area contributed by atoms with Gasteiger partial charge in [0.2, 0.25) is 0 Å². The van der Waals surface area contributed by atoms with E-state index in [4.69, 9.17) is 4.74 Å². The number of quaternary nitrogens is 1. The van der Waals surface area contributed by atoms with E-state index in [1.165, 1.54) is 24.3 Å². The van der Waals surface area contributed by atoms with Gasteiger partial charge in [-0.3, -0.25) is 4.79 Å². The minimum absolute atomic E-state index is 0.0348. The number of aliphatic carboxylic acids is 1. The predicted octanol–water partition coefficient (Wildman–Crippen LogP) is -0.183. The van der Waals surface area contributed by atoms with Crippen LogP contribution in [0.2, 0.25) is 0 Å². The molecule has 0 heterocycles. The Morgan fingerprint density at radius 1 is 1.30 bits per heavy atom. The second kappa shape index (κ2) is 6.00. The van der Waals surface area contributed by atoms with E-state index in [2.05, 4.69) is 5.73 Å². The molecule has 1 aromatic rings. The van der Waals surface area contributed by atoms with E-state index in [9.17, 15) is 19.1 Å². The van der Waals surface area contributed by atoms with Crippen LogP contribution in [0.3, 0.4) is 0 Å². The van der Waals surface area contributed by atoms with Crippen LogP contribution in [0, 0.1) is 11.7 Å². The molecule has 0 aromatic heterocycles. The minimum atomic E-state index is -1.66. The van der Waals surface area contributed by atoms with Gasteiger partial charge in [-0.1, -0.05) is 18.2 Å². The quantitative estimate of drug-likeness (QED) is 0.612. The molecule has 0 amide bonds. The lowest BCUT2D eigenvalue weighted by molar-refractivity contribution is -0.441. The van der Waals surface area contributed by atoms with Crippen molar-refractivity contribution in [2.75, 3.05) is 0 Å². The molecule has 0 radical (unpaired) electrons. The summed E-state index contributed by atoms with van der Waals surface area (Å²) in [5.41, 5.74) is 2.77. The van der Waals surface area contributed by atoms with E-state index < -0.39 is 35.3 Å².